The quantitative estimate of drug-likeness (QED) is 0.346. The Hall–Kier alpha value is -4.51. The molecule has 0 fully saturated rings. The van der Waals surface area contributed by atoms with Gasteiger partial charge in [0.05, 0.1) is 16.6 Å². The van der Waals surface area contributed by atoms with Crippen molar-refractivity contribution in [1.82, 2.24) is 9.55 Å². The van der Waals surface area contributed by atoms with E-state index in [1.807, 2.05) is 85.8 Å². The number of nitrogens with one attached hydrogen (secondary N) is 1. The van der Waals surface area contributed by atoms with Gasteiger partial charge in [-0.1, -0.05) is 72.8 Å². The Kier molecular flexibility index (Phi) is 6.22. The normalized spacial score (nSPS) is 11.0. The minimum absolute atomic E-state index is 0.0402. The van der Waals surface area contributed by atoms with Crippen molar-refractivity contribution in [2.45, 2.75) is 19.3 Å². The summed E-state index contributed by atoms with van der Waals surface area (Å²) in [5.41, 5.74) is 4.15. The van der Waals surface area contributed by atoms with Gasteiger partial charge in [0, 0.05) is 18.0 Å². The van der Waals surface area contributed by atoms with Crippen LogP contribution in [0.4, 0.5) is 5.69 Å². The van der Waals surface area contributed by atoms with Crippen LogP contribution in [-0.4, -0.2) is 15.5 Å². The minimum Gasteiger partial charge on any atom is -0.326 e. The number of benzene rings is 4. The Bertz CT molecular complexity index is 1490. The van der Waals surface area contributed by atoms with Gasteiger partial charge >= 0.3 is 0 Å². The van der Waals surface area contributed by atoms with Gasteiger partial charge in [-0.25, -0.2) is 4.98 Å². The van der Waals surface area contributed by atoms with Gasteiger partial charge in [-0.3, -0.25) is 14.2 Å². The van der Waals surface area contributed by atoms with Crippen LogP contribution < -0.4 is 10.9 Å². The van der Waals surface area contributed by atoms with Gasteiger partial charge in [0.15, 0.2) is 0 Å². The molecule has 4 aromatic carbocycles. The first-order valence-electron chi connectivity index (χ1n) is 11.6. The Labute approximate surface area is 203 Å². The fourth-order valence-corrected chi connectivity index (χ4v) is 4.44. The van der Waals surface area contributed by atoms with Crippen molar-refractivity contribution in [1.29, 1.82) is 0 Å². The molecule has 1 N–H and O–H groups in total. The maximum Gasteiger partial charge on any atom is 0.265 e. The number of para-hydroxylation sites is 1. The lowest BCUT2D eigenvalue weighted by Gasteiger charge is -2.18. The van der Waals surface area contributed by atoms with E-state index in [1.54, 1.807) is 10.6 Å². The zero-order chi connectivity index (χ0) is 24.2. The summed E-state index contributed by atoms with van der Waals surface area (Å²) in [6.07, 6.45) is 0.322. The lowest BCUT2D eigenvalue weighted by atomic mass is 9.88. The second-order valence-electron chi connectivity index (χ2n) is 8.49. The van der Waals surface area contributed by atoms with E-state index in [2.05, 4.69) is 34.6 Å². The number of carbonyl (C=O) groups is 1. The maximum atomic E-state index is 13.1. The molecular formula is C30H25N3O2. The van der Waals surface area contributed by atoms with Crippen molar-refractivity contribution in [3.63, 3.8) is 0 Å². The molecule has 0 saturated heterocycles. The van der Waals surface area contributed by atoms with E-state index in [1.165, 1.54) is 0 Å². The zero-order valence-electron chi connectivity index (χ0n) is 19.4. The predicted octanol–water partition coefficient (Wildman–Crippen LogP) is 5.85. The molecule has 0 aliphatic carbocycles. The van der Waals surface area contributed by atoms with Gasteiger partial charge in [-0.15, -0.1) is 0 Å². The number of fused-ring (bicyclic) bond motifs is 1. The van der Waals surface area contributed by atoms with Crippen molar-refractivity contribution < 1.29 is 4.79 Å². The minimum atomic E-state index is -0.113. The smallest absolute Gasteiger partial charge is 0.265 e. The number of aromatic nitrogens is 2. The first kappa shape index (κ1) is 22.3. The van der Waals surface area contributed by atoms with Crippen LogP contribution in [-0.2, 0) is 4.79 Å². The van der Waals surface area contributed by atoms with E-state index < -0.39 is 0 Å². The Morgan fingerprint density at radius 3 is 2.00 bits per heavy atom. The molecule has 1 aromatic heterocycles. The highest BCUT2D eigenvalue weighted by Gasteiger charge is 2.18. The van der Waals surface area contributed by atoms with Crippen LogP contribution in [0.2, 0.25) is 0 Å². The number of carbonyl (C=O) groups excluding carboxylic acids is 1. The molecule has 0 saturated carbocycles. The molecule has 0 aliphatic rings. The molecule has 1 heterocycles. The number of anilines is 1. The summed E-state index contributed by atoms with van der Waals surface area (Å²) < 4.78 is 1.59. The summed E-state index contributed by atoms with van der Waals surface area (Å²) in [4.78, 5) is 30.6. The lowest BCUT2D eigenvalue weighted by molar-refractivity contribution is -0.116. The van der Waals surface area contributed by atoms with Gasteiger partial charge in [0.25, 0.3) is 5.56 Å². The second-order valence-corrected chi connectivity index (χ2v) is 8.49. The Morgan fingerprint density at radius 2 is 1.37 bits per heavy atom. The van der Waals surface area contributed by atoms with Crippen molar-refractivity contribution in [2.75, 3.05) is 5.32 Å². The third-order valence-corrected chi connectivity index (χ3v) is 6.15. The van der Waals surface area contributed by atoms with Crippen LogP contribution in [0, 0.1) is 6.92 Å². The van der Waals surface area contributed by atoms with Crippen LogP contribution in [0.5, 0.6) is 0 Å². The van der Waals surface area contributed by atoms with Crippen LogP contribution in [0.25, 0.3) is 16.6 Å². The molecule has 172 valence electrons. The number of aryl methyl sites for hydroxylation is 1. The van der Waals surface area contributed by atoms with Crippen molar-refractivity contribution >= 4 is 22.5 Å². The fourth-order valence-electron chi connectivity index (χ4n) is 4.44. The highest BCUT2D eigenvalue weighted by atomic mass is 16.1. The van der Waals surface area contributed by atoms with Gasteiger partial charge in [0.2, 0.25) is 5.91 Å². The van der Waals surface area contributed by atoms with Crippen LogP contribution >= 0.6 is 0 Å². The Morgan fingerprint density at radius 1 is 0.800 bits per heavy atom. The molecule has 0 atom stereocenters. The summed E-state index contributed by atoms with van der Waals surface area (Å²) in [6.45, 7) is 1.82. The van der Waals surface area contributed by atoms with Gasteiger partial charge in [-0.2, -0.15) is 0 Å². The molecule has 5 rings (SSSR count). The second kappa shape index (κ2) is 9.77. The third-order valence-electron chi connectivity index (χ3n) is 6.15. The van der Waals surface area contributed by atoms with Crippen molar-refractivity contribution in [3.8, 4) is 5.69 Å². The topological polar surface area (TPSA) is 64.0 Å². The largest absolute Gasteiger partial charge is 0.326 e. The summed E-state index contributed by atoms with van der Waals surface area (Å²) in [5.74, 6) is 0.497. The summed E-state index contributed by atoms with van der Waals surface area (Å²) in [6, 6.07) is 34.7. The molecule has 0 bridgehead atoms. The third kappa shape index (κ3) is 4.75. The molecular weight excluding hydrogens is 434 g/mol. The van der Waals surface area contributed by atoms with E-state index in [-0.39, 0.29) is 17.4 Å². The van der Waals surface area contributed by atoms with Crippen molar-refractivity contribution in [2.24, 2.45) is 0 Å². The molecule has 1 amide bonds. The first-order valence-corrected chi connectivity index (χ1v) is 11.6. The molecule has 0 unspecified atom stereocenters. The van der Waals surface area contributed by atoms with E-state index >= 15 is 0 Å². The number of amides is 1. The average Bonchev–Trinajstić information content (AvgIpc) is 2.89. The molecule has 35 heavy (non-hydrogen) atoms. The summed E-state index contributed by atoms with van der Waals surface area (Å²) in [5, 5.41) is 3.58. The molecule has 0 spiro atoms. The number of nitrogens with zero attached hydrogens (tertiary/aromatic N) is 2. The number of hydrogen-bond donors (Lipinski definition) is 1. The highest BCUT2D eigenvalue weighted by Crippen LogP contribution is 2.28. The van der Waals surface area contributed by atoms with Gasteiger partial charge in [0.1, 0.15) is 5.82 Å². The average molecular weight is 460 g/mol. The molecule has 0 aliphatic heterocycles. The van der Waals surface area contributed by atoms with Gasteiger partial charge in [-0.05, 0) is 54.4 Å². The monoisotopic (exact) mass is 459 g/mol. The number of rotatable bonds is 6. The van der Waals surface area contributed by atoms with E-state index in [0.717, 1.165) is 11.1 Å². The molecule has 5 nitrogen and oxygen atoms in total. The van der Waals surface area contributed by atoms with E-state index in [4.69, 9.17) is 0 Å². The Balaban J connectivity index is 1.37. The zero-order valence-corrected chi connectivity index (χ0v) is 19.4. The van der Waals surface area contributed by atoms with E-state index in [9.17, 15) is 9.59 Å². The predicted molar refractivity (Wildman–Crippen MR) is 140 cm³/mol. The first-order chi connectivity index (χ1) is 17.1. The SMILES string of the molecule is Cc1nc2ccccc2c(=O)n1-c1ccc(NC(=O)CC(c2ccccc2)c2ccccc2)cc1. The molecule has 5 aromatic rings. The molecule has 5 heteroatoms. The highest BCUT2D eigenvalue weighted by molar-refractivity contribution is 5.91. The summed E-state index contributed by atoms with van der Waals surface area (Å²) >= 11 is 0. The van der Waals surface area contributed by atoms with Crippen molar-refractivity contribution in [3.05, 3.63) is 136 Å². The molecule has 0 radical (unpaired) electrons. The lowest BCUT2D eigenvalue weighted by Crippen LogP contribution is -2.22. The van der Waals surface area contributed by atoms with Crippen LogP contribution in [0.3, 0.4) is 0 Å². The van der Waals surface area contributed by atoms with Crippen LogP contribution in [0.1, 0.15) is 29.3 Å². The maximum absolute atomic E-state index is 13.1. The van der Waals surface area contributed by atoms with Crippen LogP contribution in [0.15, 0.2) is 114 Å². The van der Waals surface area contributed by atoms with Gasteiger partial charge < -0.3 is 5.32 Å². The number of hydrogen-bond acceptors (Lipinski definition) is 3. The van der Waals surface area contributed by atoms with E-state index in [0.29, 0.717) is 34.5 Å². The summed E-state index contributed by atoms with van der Waals surface area (Å²) in [7, 11) is 0. The standard InChI is InChI=1S/C30H25N3O2/c1-21-31-28-15-9-8-14-26(28)30(35)33(21)25-18-16-24(17-19-25)32-29(34)20-27(22-10-4-2-5-11-22)23-12-6-3-7-13-23/h2-19,27H,20H2,1H3,(H,32,34). The fraction of sp³-hybridized carbons (Fsp3) is 0.100.